The van der Waals surface area contributed by atoms with Crippen molar-refractivity contribution in [3.8, 4) is 0 Å². The second kappa shape index (κ2) is 6.66. The van der Waals surface area contributed by atoms with Crippen LogP contribution in [0.15, 0.2) is 42.2 Å². The molecule has 0 aromatic heterocycles. The van der Waals surface area contributed by atoms with Crippen LogP contribution in [-0.2, 0) is 30.3 Å². The molecular weight excluding hydrogens is 360 g/mol. The Kier molecular flexibility index (Phi) is 4.36. The van der Waals surface area contributed by atoms with Crippen molar-refractivity contribution in [3.63, 3.8) is 0 Å². The van der Waals surface area contributed by atoms with Gasteiger partial charge in [-0.3, -0.25) is 4.79 Å². The molecule has 2 aliphatic carbocycles. The maximum Gasteiger partial charge on any atom is 0.187 e. The number of carbonyl (C=O) groups excluding carboxylic acids is 1. The molecule has 6 heteroatoms. The molecule has 1 saturated carbocycles. The van der Waals surface area contributed by atoms with Gasteiger partial charge in [0.2, 0.25) is 0 Å². The summed E-state index contributed by atoms with van der Waals surface area (Å²) in [5.74, 6) is -0.845. The topological polar surface area (TPSA) is 74.2 Å². The molecular formula is C22H26O6. The fourth-order valence-corrected chi connectivity index (χ4v) is 5.36. The van der Waals surface area contributed by atoms with E-state index in [9.17, 15) is 9.90 Å². The SMILES string of the molecule is CC1(C)O[C@H]2O[C@H]3[C@H]([C@H]2O1)[C@H]1C(O)=CC(=O)C[C@H]1C[C@@H]3OCc1ccccc1. The van der Waals surface area contributed by atoms with Gasteiger partial charge in [0, 0.05) is 24.3 Å². The highest BCUT2D eigenvalue weighted by atomic mass is 16.8. The van der Waals surface area contributed by atoms with Crippen LogP contribution in [0.2, 0.25) is 0 Å². The maximum atomic E-state index is 12.1. The molecule has 0 unspecified atom stereocenters. The van der Waals surface area contributed by atoms with E-state index in [0.717, 1.165) is 5.56 Å². The maximum absolute atomic E-state index is 12.1. The standard InChI is InChI=1S/C22H26O6/c1-22(2)27-20-18-17-13(8-14(23)10-15(17)24)9-16(19(18)26-21(20)28-22)25-11-12-6-4-3-5-7-12/h3-7,10,13,16-21,24H,8-9,11H2,1-2H3/t13-,16-,17+,18+,19+,20+,21+/m0/s1. The second-order valence-corrected chi connectivity index (χ2v) is 8.74. The van der Waals surface area contributed by atoms with Crippen LogP contribution in [0, 0.1) is 17.8 Å². The van der Waals surface area contributed by atoms with E-state index in [0.29, 0.717) is 19.4 Å². The predicted molar refractivity (Wildman–Crippen MR) is 99.1 cm³/mol. The Balaban J connectivity index is 1.42. The Bertz CT molecular complexity index is 787. The zero-order valence-electron chi connectivity index (χ0n) is 16.1. The number of aliphatic hydroxyl groups excluding tert-OH is 1. The largest absolute Gasteiger partial charge is 0.512 e. The number of ether oxygens (including phenoxy) is 4. The lowest BCUT2D eigenvalue weighted by Gasteiger charge is -2.45. The van der Waals surface area contributed by atoms with Crippen LogP contribution in [0.1, 0.15) is 32.3 Å². The fourth-order valence-electron chi connectivity index (χ4n) is 5.36. The summed E-state index contributed by atoms with van der Waals surface area (Å²) in [7, 11) is 0. The highest BCUT2D eigenvalue weighted by Gasteiger charge is 2.63. The van der Waals surface area contributed by atoms with Crippen molar-refractivity contribution in [2.24, 2.45) is 17.8 Å². The highest BCUT2D eigenvalue weighted by molar-refractivity contribution is 5.91. The van der Waals surface area contributed by atoms with Gasteiger partial charge in [0.15, 0.2) is 17.9 Å². The molecule has 0 bridgehead atoms. The average Bonchev–Trinajstić information content (AvgIpc) is 3.12. The van der Waals surface area contributed by atoms with Crippen LogP contribution in [0.4, 0.5) is 0 Å². The molecule has 3 fully saturated rings. The Morgan fingerprint density at radius 3 is 2.75 bits per heavy atom. The minimum atomic E-state index is -0.725. The van der Waals surface area contributed by atoms with Crippen molar-refractivity contribution < 1.29 is 28.8 Å². The first-order valence-corrected chi connectivity index (χ1v) is 10.0. The number of allylic oxidation sites excluding steroid dienone is 2. The smallest absolute Gasteiger partial charge is 0.187 e. The van der Waals surface area contributed by atoms with Crippen molar-refractivity contribution >= 4 is 5.78 Å². The summed E-state index contributed by atoms with van der Waals surface area (Å²) >= 11 is 0. The Morgan fingerprint density at radius 1 is 1.18 bits per heavy atom. The first-order valence-electron chi connectivity index (χ1n) is 10.0. The first-order chi connectivity index (χ1) is 13.4. The summed E-state index contributed by atoms with van der Waals surface area (Å²) in [6.45, 7) is 4.22. The molecule has 5 rings (SSSR count). The van der Waals surface area contributed by atoms with E-state index in [-0.39, 0.29) is 47.6 Å². The molecule has 1 N–H and O–H groups in total. The molecule has 1 aromatic carbocycles. The summed E-state index contributed by atoms with van der Waals surface area (Å²) in [6.07, 6.45) is 1.30. The van der Waals surface area contributed by atoms with Gasteiger partial charge in [-0.05, 0) is 31.7 Å². The molecule has 2 aliphatic heterocycles. The van der Waals surface area contributed by atoms with Gasteiger partial charge < -0.3 is 24.1 Å². The number of hydrogen-bond acceptors (Lipinski definition) is 6. The van der Waals surface area contributed by atoms with Crippen LogP contribution < -0.4 is 0 Å². The first kappa shape index (κ1) is 18.3. The van der Waals surface area contributed by atoms with E-state index < -0.39 is 12.1 Å². The molecule has 150 valence electrons. The van der Waals surface area contributed by atoms with Gasteiger partial charge in [0.1, 0.15) is 6.10 Å². The van der Waals surface area contributed by atoms with Crippen molar-refractivity contribution in [3.05, 3.63) is 47.7 Å². The molecule has 4 aliphatic rings. The van der Waals surface area contributed by atoms with Crippen molar-refractivity contribution in [2.45, 2.75) is 63.7 Å². The molecule has 0 amide bonds. The van der Waals surface area contributed by atoms with E-state index in [1.165, 1.54) is 6.08 Å². The monoisotopic (exact) mass is 386 g/mol. The van der Waals surface area contributed by atoms with Gasteiger partial charge >= 0.3 is 0 Å². The van der Waals surface area contributed by atoms with E-state index in [4.69, 9.17) is 18.9 Å². The molecule has 28 heavy (non-hydrogen) atoms. The number of hydrogen-bond donors (Lipinski definition) is 1. The average molecular weight is 386 g/mol. The Hall–Kier alpha value is -1.73. The van der Waals surface area contributed by atoms with E-state index in [2.05, 4.69) is 0 Å². The number of benzene rings is 1. The van der Waals surface area contributed by atoms with Crippen molar-refractivity contribution in [1.29, 1.82) is 0 Å². The van der Waals surface area contributed by atoms with Crippen LogP contribution in [0.25, 0.3) is 0 Å². The lowest BCUT2D eigenvalue weighted by molar-refractivity contribution is -0.236. The number of rotatable bonds is 3. The third kappa shape index (κ3) is 3.08. The molecule has 6 nitrogen and oxygen atoms in total. The van der Waals surface area contributed by atoms with E-state index in [1.54, 1.807) is 0 Å². The summed E-state index contributed by atoms with van der Waals surface area (Å²) in [5, 5.41) is 10.6. The fraction of sp³-hybridized carbons (Fsp3) is 0.591. The molecule has 2 saturated heterocycles. The lowest BCUT2D eigenvalue weighted by Crippen LogP contribution is -2.51. The van der Waals surface area contributed by atoms with Crippen molar-refractivity contribution in [1.82, 2.24) is 0 Å². The van der Waals surface area contributed by atoms with Gasteiger partial charge in [-0.15, -0.1) is 0 Å². The quantitative estimate of drug-likeness (QED) is 0.860. The molecule has 0 spiro atoms. The summed E-state index contributed by atoms with van der Waals surface area (Å²) in [4.78, 5) is 12.1. The van der Waals surface area contributed by atoms with Gasteiger partial charge in [0.05, 0.1) is 24.6 Å². The normalized spacial score (nSPS) is 41.1. The van der Waals surface area contributed by atoms with Crippen LogP contribution in [-0.4, -0.2) is 41.3 Å². The molecule has 1 aromatic rings. The second-order valence-electron chi connectivity index (χ2n) is 8.74. The number of ketones is 1. The van der Waals surface area contributed by atoms with Crippen LogP contribution >= 0.6 is 0 Å². The molecule has 7 atom stereocenters. The van der Waals surface area contributed by atoms with E-state index >= 15 is 0 Å². The third-order valence-corrected chi connectivity index (χ3v) is 6.38. The summed E-state index contributed by atoms with van der Waals surface area (Å²) in [6, 6.07) is 10.0. The van der Waals surface area contributed by atoms with Crippen LogP contribution in [0.3, 0.4) is 0 Å². The molecule has 2 heterocycles. The third-order valence-electron chi connectivity index (χ3n) is 6.38. The van der Waals surface area contributed by atoms with Gasteiger partial charge in [0.25, 0.3) is 0 Å². The van der Waals surface area contributed by atoms with E-state index in [1.807, 2.05) is 44.2 Å². The van der Waals surface area contributed by atoms with Gasteiger partial charge in [-0.1, -0.05) is 30.3 Å². The number of fused-ring (bicyclic) bond motifs is 5. The summed E-state index contributed by atoms with van der Waals surface area (Å²) in [5.41, 5.74) is 1.09. The van der Waals surface area contributed by atoms with Crippen molar-refractivity contribution in [2.75, 3.05) is 0 Å². The number of aliphatic hydroxyl groups is 1. The Morgan fingerprint density at radius 2 is 1.96 bits per heavy atom. The predicted octanol–water partition coefficient (Wildman–Crippen LogP) is 3.12. The van der Waals surface area contributed by atoms with Crippen LogP contribution in [0.5, 0.6) is 0 Å². The van der Waals surface area contributed by atoms with Gasteiger partial charge in [-0.25, -0.2) is 0 Å². The Labute approximate surface area is 164 Å². The zero-order chi connectivity index (χ0) is 19.5. The summed E-state index contributed by atoms with van der Waals surface area (Å²) < 4.78 is 24.6. The zero-order valence-corrected chi connectivity index (χ0v) is 16.1. The minimum absolute atomic E-state index is 0.0224. The highest BCUT2D eigenvalue weighted by Crippen LogP contribution is 2.54. The van der Waals surface area contributed by atoms with Gasteiger partial charge in [-0.2, -0.15) is 0 Å². The minimum Gasteiger partial charge on any atom is -0.512 e. The lowest BCUT2D eigenvalue weighted by atomic mass is 9.64. The number of carbonyl (C=O) groups is 1. The molecule has 0 radical (unpaired) electrons.